The Balaban J connectivity index is 1.64. The lowest BCUT2D eigenvalue weighted by Gasteiger charge is -2.03. The van der Waals surface area contributed by atoms with Gasteiger partial charge in [0.1, 0.15) is 11.2 Å². The Morgan fingerprint density at radius 3 is 2.40 bits per heavy atom. The minimum atomic E-state index is -0.227. The number of carbonyl (C=O) groups is 1. The van der Waals surface area contributed by atoms with Crippen LogP contribution in [0.5, 0.6) is 0 Å². The van der Waals surface area contributed by atoms with Crippen molar-refractivity contribution in [3.63, 3.8) is 0 Å². The molecule has 0 saturated heterocycles. The molecule has 4 nitrogen and oxygen atoms in total. The number of amides is 1. The second-order valence-electron chi connectivity index (χ2n) is 5.81. The Kier molecular flexibility index (Phi) is 3.78. The maximum Gasteiger partial charge on any atom is 0.271 e. The molecule has 122 valence electrons. The molecule has 0 aliphatic heterocycles. The normalized spacial score (nSPS) is 11.8. The summed E-state index contributed by atoms with van der Waals surface area (Å²) in [6.07, 6.45) is 0. The Morgan fingerprint density at radius 2 is 1.56 bits per heavy atom. The van der Waals surface area contributed by atoms with Crippen molar-refractivity contribution in [2.75, 3.05) is 0 Å². The van der Waals surface area contributed by atoms with Crippen LogP contribution in [0.3, 0.4) is 0 Å². The van der Waals surface area contributed by atoms with Gasteiger partial charge in [0, 0.05) is 16.3 Å². The third-order valence-corrected chi connectivity index (χ3v) is 4.16. The number of fused-ring (bicyclic) bond motifs is 3. The molecule has 0 fully saturated rings. The molecule has 4 heteroatoms. The van der Waals surface area contributed by atoms with E-state index in [0.717, 1.165) is 33.2 Å². The number of rotatable bonds is 3. The molecule has 0 bridgehead atoms. The number of para-hydroxylation sites is 1. The van der Waals surface area contributed by atoms with Crippen molar-refractivity contribution in [3.05, 3.63) is 83.9 Å². The summed E-state index contributed by atoms with van der Waals surface area (Å²) in [4.78, 5) is 12.1. The van der Waals surface area contributed by atoms with Crippen molar-refractivity contribution in [2.45, 2.75) is 6.92 Å². The van der Waals surface area contributed by atoms with Crippen LogP contribution in [0, 0.1) is 0 Å². The highest BCUT2D eigenvalue weighted by Gasteiger charge is 2.09. The van der Waals surface area contributed by atoms with Gasteiger partial charge in [-0.2, -0.15) is 5.10 Å². The van der Waals surface area contributed by atoms with E-state index in [9.17, 15) is 4.79 Å². The number of hydrogen-bond acceptors (Lipinski definition) is 3. The van der Waals surface area contributed by atoms with E-state index in [1.54, 1.807) is 12.1 Å². The highest BCUT2D eigenvalue weighted by molar-refractivity contribution is 6.09. The second-order valence-corrected chi connectivity index (χ2v) is 5.81. The molecular formula is C21H16N2O2. The number of furan rings is 1. The minimum absolute atomic E-state index is 0.227. The summed E-state index contributed by atoms with van der Waals surface area (Å²) in [5.41, 5.74) is 6.55. The SMILES string of the molecule is C/C(=N/NC(=O)c1ccccc1)c1ccc2oc3ccccc3c2c1. The molecule has 0 atom stereocenters. The number of hydrogen-bond donors (Lipinski definition) is 1. The first-order chi connectivity index (χ1) is 12.2. The Hall–Kier alpha value is -3.40. The lowest BCUT2D eigenvalue weighted by Crippen LogP contribution is -2.19. The fourth-order valence-corrected chi connectivity index (χ4v) is 2.80. The first-order valence-corrected chi connectivity index (χ1v) is 8.04. The highest BCUT2D eigenvalue weighted by atomic mass is 16.3. The van der Waals surface area contributed by atoms with Crippen LogP contribution in [-0.4, -0.2) is 11.6 Å². The average Bonchev–Trinajstić information content (AvgIpc) is 3.04. The molecule has 1 heterocycles. The highest BCUT2D eigenvalue weighted by Crippen LogP contribution is 2.29. The van der Waals surface area contributed by atoms with E-state index in [2.05, 4.69) is 10.5 Å². The van der Waals surface area contributed by atoms with Crippen LogP contribution in [0.25, 0.3) is 21.9 Å². The smallest absolute Gasteiger partial charge is 0.271 e. The fraction of sp³-hybridized carbons (Fsp3) is 0.0476. The van der Waals surface area contributed by atoms with E-state index >= 15 is 0 Å². The largest absolute Gasteiger partial charge is 0.456 e. The van der Waals surface area contributed by atoms with Crippen LogP contribution in [-0.2, 0) is 0 Å². The van der Waals surface area contributed by atoms with E-state index in [1.165, 1.54) is 0 Å². The molecular weight excluding hydrogens is 312 g/mol. The van der Waals surface area contributed by atoms with Gasteiger partial charge in [0.05, 0.1) is 5.71 Å². The van der Waals surface area contributed by atoms with Gasteiger partial charge in [-0.3, -0.25) is 4.79 Å². The zero-order chi connectivity index (χ0) is 17.2. The van der Waals surface area contributed by atoms with Gasteiger partial charge in [-0.15, -0.1) is 0 Å². The van der Waals surface area contributed by atoms with Crippen LogP contribution in [0.2, 0.25) is 0 Å². The molecule has 1 aromatic heterocycles. The Morgan fingerprint density at radius 1 is 0.840 bits per heavy atom. The number of carbonyl (C=O) groups excluding carboxylic acids is 1. The number of benzene rings is 3. The third-order valence-electron chi connectivity index (χ3n) is 4.16. The van der Waals surface area contributed by atoms with Crippen molar-refractivity contribution in [1.82, 2.24) is 5.43 Å². The lowest BCUT2D eigenvalue weighted by molar-refractivity contribution is 0.0955. The standard InChI is InChI=1S/C21H16N2O2/c1-14(22-23-21(24)15-7-3-2-4-8-15)16-11-12-20-18(13-16)17-9-5-6-10-19(17)25-20/h2-13H,1H3,(H,23,24)/b22-14-. The summed E-state index contributed by atoms with van der Waals surface area (Å²) >= 11 is 0. The van der Waals surface area contributed by atoms with Crippen molar-refractivity contribution in [1.29, 1.82) is 0 Å². The topological polar surface area (TPSA) is 54.6 Å². The van der Waals surface area contributed by atoms with Crippen LogP contribution in [0.4, 0.5) is 0 Å². The van der Waals surface area contributed by atoms with E-state index in [0.29, 0.717) is 5.56 Å². The Bertz CT molecular complexity index is 1090. The summed E-state index contributed by atoms with van der Waals surface area (Å²) in [6, 6.07) is 22.9. The zero-order valence-corrected chi connectivity index (χ0v) is 13.7. The number of nitrogens with one attached hydrogen (secondary N) is 1. The molecule has 1 amide bonds. The summed E-state index contributed by atoms with van der Waals surface area (Å²) < 4.78 is 5.83. The summed E-state index contributed by atoms with van der Waals surface area (Å²) in [5, 5.41) is 6.34. The van der Waals surface area contributed by atoms with Crippen LogP contribution >= 0.6 is 0 Å². The maximum absolute atomic E-state index is 12.1. The van der Waals surface area contributed by atoms with Gasteiger partial charge in [0.25, 0.3) is 5.91 Å². The first kappa shape index (κ1) is 15.1. The van der Waals surface area contributed by atoms with Gasteiger partial charge in [0.2, 0.25) is 0 Å². The predicted molar refractivity (Wildman–Crippen MR) is 99.8 cm³/mol. The fourth-order valence-electron chi connectivity index (χ4n) is 2.80. The molecule has 4 rings (SSSR count). The van der Waals surface area contributed by atoms with Crippen molar-refractivity contribution in [2.24, 2.45) is 5.10 Å². The van der Waals surface area contributed by atoms with Crippen molar-refractivity contribution < 1.29 is 9.21 Å². The second kappa shape index (κ2) is 6.24. The molecule has 0 radical (unpaired) electrons. The summed E-state index contributed by atoms with van der Waals surface area (Å²) in [5.74, 6) is -0.227. The number of hydrazone groups is 1. The van der Waals surface area contributed by atoms with Crippen molar-refractivity contribution >= 4 is 33.6 Å². The molecule has 25 heavy (non-hydrogen) atoms. The van der Waals surface area contributed by atoms with Gasteiger partial charge in [-0.05, 0) is 48.9 Å². The molecule has 0 spiro atoms. The lowest BCUT2D eigenvalue weighted by atomic mass is 10.1. The Labute approximate surface area is 144 Å². The van der Waals surface area contributed by atoms with E-state index in [-0.39, 0.29) is 5.91 Å². The quantitative estimate of drug-likeness (QED) is 0.436. The molecule has 4 aromatic rings. The monoisotopic (exact) mass is 328 g/mol. The molecule has 0 unspecified atom stereocenters. The number of nitrogens with zero attached hydrogens (tertiary/aromatic N) is 1. The van der Waals surface area contributed by atoms with Gasteiger partial charge < -0.3 is 4.42 Å². The predicted octanol–water partition coefficient (Wildman–Crippen LogP) is 4.74. The maximum atomic E-state index is 12.1. The van der Waals surface area contributed by atoms with Crippen LogP contribution < -0.4 is 5.43 Å². The summed E-state index contributed by atoms with van der Waals surface area (Å²) in [6.45, 7) is 1.87. The molecule has 0 aliphatic rings. The summed E-state index contributed by atoms with van der Waals surface area (Å²) in [7, 11) is 0. The van der Waals surface area contributed by atoms with Gasteiger partial charge in [-0.1, -0.05) is 36.4 Å². The van der Waals surface area contributed by atoms with E-state index in [1.807, 2.05) is 67.6 Å². The van der Waals surface area contributed by atoms with E-state index in [4.69, 9.17) is 4.42 Å². The van der Waals surface area contributed by atoms with Crippen LogP contribution in [0.15, 0.2) is 82.3 Å². The van der Waals surface area contributed by atoms with Gasteiger partial charge in [-0.25, -0.2) is 5.43 Å². The molecule has 3 aromatic carbocycles. The first-order valence-electron chi connectivity index (χ1n) is 8.04. The third kappa shape index (κ3) is 2.90. The van der Waals surface area contributed by atoms with E-state index < -0.39 is 0 Å². The zero-order valence-electron chi connectivity index (χ0n) is 13.7. The van der Waals surface area contributed by atoms with Gasteiger partial charge in [0.15, 0.2) is 0 Å². The molecule has 0 saturated carbocycles. The van der Waals surface area contributed by atoms with Crippen molar-refractivity contribution in [3.8, 4) is 0 Å². The molecule has 1 N–H and O–H groups in total. The van der Waals surface area contributed by atoms with Crippen LogP contribution in [0.1, 0.15) is 22.8 Å². The minimum Gasteiger partial charge on any atom is -0.456 e. The van der Waals surface area contributed by atoms with Gasteiger partial charge >= 0.3 is 0 Å². The molecule has 0 aliphatic carbocycles. The average molecular weight is 328 g/mol.